The maximum Gasteiger partial charge on any atom is 0.131 e. The number of nitrogens with zero attached hydrogens (tertiary/aromatic N) is 1. The van der Waals surface area contributed by atoms with Crippen molar-refractivity contribution in [1.29, 1.82) is 5.26 Å². The Morgan fingerprint density at radius 1 is 1.05 bits per heavy atom. The lowest BCUT2D eigenvalue weighted by atomic mass is 9.48. The van der Waals surface area contributed by atoms with Crippen LogP contribution in [0.2, 0.25) is 0 Å². The summed E-state index contributed by atoms with van der Waals surface area (Å²) in [5, 5.41) is 9.72. The van der Waals surface area contributed by atoms with Crippen LogP contribution in [0.25, 0.3) is 0 Å². The van der Waals surface area contributed by atoms with E-state index in [2.05, 4.69) is 6.07 Å². The fourth-order valence-electron chi connectivity index (χ4n) is 5.76. The third kappa shape index (κ3) is 2.00. The number of hydrogen-bond donors (Lipinski definition) is 1. The van der Waals surface area contributed by atoms with Gasteiger partial charge in [0.25, 0.3) is 0 Å². The minimum atomic E-state index is -0.738. The number of hydrogen-bond acceptors (Lipinski definition) is 3. The Bertz CT molecular complexity index is 397. The van der Waals surface area contributed by atoms with Gasteiger partial charge in [-0.3, -0.25) is 0 Å². The zero-order valence-corrected chi connectivity index (χ0v) is 12.3. The van der Waals surface area contributed by atoms with E-state index >= 15 is 0 Å². The Kier molecular flexibility index (Phi) is 3.09. The highest BCUT2D eigenvalue weighted by Gasteiger charge is 2.55. The highest BCUT2D eigenvalue weighted by Crippen LogP contribution is 2.58. The summed E-state index contributed by atoms with van der Waals surface area (Å²) < 4.78 is 5.94. The summed E-state index contributed by atoms with van der Waals surface area (Å²) in [7, 11) is 0. The van der Waals surface area contributed by atoms with Crippen LogP contribution >= 0.6 is 0 Å². The van der Waals surface area contributed by atoms with Gasteiger partial charge in [-0.25, -0.2) is 0 Å². The van der Waals surface area contributed by atoms with Gasteiger partial charge in [0.2, 0.25) is 0 Å². The SMILES string of the molecule is N#CC(N)(COC1CCC1)C1C2CC3CC(C2)CC1C3. The van der Waals surface area contributed by atoms with E-state index in [9.17, 15) is 5.26 Å². The van der Waals surface area contributed by atoms with E-state index in [1.807, 2.05) is 0 Å². The summed E-state index contributed by atoms with van der Waals surface area (Å²) >= 11 is 0. The molecule has 0 amide bonds. The maximum atomic E-state index is 9.72. The standard InChI is InChI=1S/C17H26N2O/c18-9-17(19,10-20-15-2-1-3-15)16-13-5-11-4-12(7-13)8-14(16)6-11/h11-16H,1-8,10,19H2. The molecule has 0 saturated heterocycles. The van der Waals surface area contributed by atoms with Gasteiger partial charge in [-0.2, -0.15) is 5.26 Å². The molecule has 110 valence electrons. The molecule has 5 fully saturated rings. The summed E-state index contributed by atoms with van der Waals surface area (Å²) in [6.07, 6.45) is 10.7. The zero-order valence-electron chi connectivity index (χ0n) is 12.3. The van der Waals surface area contributed by atoms with Crippen LogP contribution in [0.15, 0.2) is 0 Å². The van der Waals surface area contributed by atoms with Crippen molar-refractivity contribution in [3.63, 3.8) is 0 Å². The Hall–Kier alpha value is -0.590. The second-order valence-corrected chi connectivity index (χ2v) is 7.97. The molecular weight excluding hydrogens is 248 g/mol. The van der Waals surface area contributed by atoms with Crippen molar-refractivity contribution in [2.24, 2.45) is 35.3 Å². The van der Waals surface area contributed by atoms with Crippen LogP contribution in [0.5, 0.6) is 0 Å². The molecule has 3 heteroatoms. The van der Waals surface area contributed by atoms with E-state index in [1.165, 1.54) is 38.5 Å². The smallest absolute Gasteiger partial charge is 0.131 e. The molecule has 5 saturated carbocycles. The van der Waals surface area contributed by atoms with E-state index in [1.54, 1.807) is 0 Å². The van der Waals surface area contributed by atoms with Crippen LogP contribution in [0, 0.1) is 40.9 Å². The lowest BCUT2D eigenvalue weighted by molar-refractivity contribution is -0.0898. The monoisotopic (exact) mass is 274 g/mol. The minimum absolute atomic E-state index is 0.378. The largest absolute Gasteiger partial charge is 0.375 e. The summed E-state index contributed by atoms with van der Waals surface area (Å²) in [6, 6.07) is 2.46. The third-order valence-corrected chi connectivity index (χ3v) is 6.64. The van der Waals surface area contributed by atoms with Gasteiger partial charge in [0.1, 0.15) is 5.54 Å². The maximum absolute atomic E-state index is 9.72. The Morgan fingerprint density at radius 3 is 2.10 bits per heavy atom. The molecule has 0 aliphatic heterocycles. The minimum Gasteiger partial charge on any atom is -0.375 e. The quantitative estimate of drug-likeness (QED) is 0.857. The molecule has 2 N–H and O–H groups in total. The second-order valence-electron chi connectivity index (χ2n) is 7.97. The number of nitrogens with two attached hydrogens (primary N) is 1. The summed E-state index contributed by atoms with van der Waals surface area (Å²) in [5.74, 6) is 3.65. The first-order chi connectivity index (χ1) is 9.68. The van der Waals surface area contributed by atoms with Gasteiger partial charge in [-0.15, -0.1) is 0 Å². The second kappa shape index (κ2) is 4.71. The van der Waals surface area contributed by atoms with Crippen molar-refractivity contribution in [3.8, 4) is 6.07 Å². The lowest BCUT2D eigenvalue weighted by Gasteiger charge is -2.57. The first-order valence-corrected chi connectivity index (χ1v) is 8.49. The van der Waals surface area contributed by atoms with Gasteiger partial charge >= 0.3 is 0 Å². The molecule has 5 rings (SSSR count). The average molecular weight is 274 g/mol. The lowest BCUT2D eigenvalue weighted by Crippen LogP contribution is -2.61. The van der Waals surface area contributed by atoms with Crippen molar-refractivity contribution in [2.75, 3.05) is 6.61 Å². The molecule has 0 radical (unpaired) electrons. The first kappa shape index (κ1) is 13.1. The molecule has 5 aliphatic carbocycles. The van der Waals surface area contributed by atoms with Gasteiger partial charge in [0, 0.05) is 0 Å². The van der Waals surface area contributed by atoms with Crippen LogP contribution in [0.4, 0.5) is 0 Å². The van der Waals surface area contributed by atoms with Gasteiger partial charge in [0.05, 0.1) is 18.8 Å². The Labute approximate surface area is 121 Å². The van der Waals surface area contributed by atoms with Crippen LogP contribution in [-0.4, -0.2) is 18.2 Å². The van der Waals surface area contributed by atoms with E-state index in [0.717, 1.165) is 24.7 Å². The van der Waals surface area contributed by atoms with E-state index < -0.39 is 5.54 Å². The normalized spacial score (nSPS) is 45.7. The molecule has 0 aromatic rings. The molecular formula is C17H26N2O. The molecule has 0 aromatic heterocycles. The van der Waals surface area contributed by atoms with E-state index in [-0.39, 0.29) is 0 Å². The average Bonchev–Trinajstić information content (AvgIpc) is 2.35. The molecule has 1 atom stereocenters. The van der Waals surface area contributed by atoms with E-state index in [0.29, 0.717) is 30.5 Å². The van der Waals surface area contributed by atoms with Crippen molar-refractivity contribution >= 4 is 0 Å². The van der Waals surface area contributed by atoms with Crippen molar-refractivity contribution in [3.05, 3.63) is 0 Å². The summed E-state index contributed by atoms with van der Waals surface area (Å²) in [5.41, 5.74) is 5.83. The van der Waals surface area contributed by atoms with Gasteiger partial charge < -0.3 is 10.5 Å². The summed E-state index contributed by atoms with van der Waals surface area (Å²) in [4.78, 5) is 0. The molecule has 0 heterocycles. The molecule has 5 aliphatic rings. The third-order valence-electron chi connectivity index (χ3n) is 6.64. The fraction of sp³-hybridized carbons (Fsp3) is 0.941. The Balaban J connectivity index is 1.50. The molecule has 0 spiro atoms. The number of ether oxygens (including phenoxy) is 1. The van der Waals surface area contributed by atoms with E-state index in [4.69, 9.17) is 10.5 Å². The highest BCUT2D eigenvalue weighted by atomic mass is 16.5. The highest BCUT2D eigenvalue weighted by molar-refractivity contribution is 5.16. The molecule has 1 unspecified atom stereocenters. The predicted octanol–water partition coefficient (Wildman–Crippen LogP) is 2.85. The van der Waals surface area contributed by atoms with Gasteiger partial charge in [-0.1, -0.05) is 0 Å². The van der Waals surface area contributed by atoms with Crippen LogP contribution in [0.1, 0.15) is 51.4 Å². The van der Waals surface area contributed by atoms with Crippen LogP contribution in [0.3, 0.4) is 0 Å². The van der Waals surface area contributed by atoms with Gasteiger partial charge in [-0.05, 0) is 81.0 Å². The number of nitriles is 1. The van der Waals surface area contributed by atoms with Crippen LogP contribution < -0.4 is 5.73 Å². The number of rotatable bonds is 4. The predicted molar refractivity (Wildman–Crippen MR) is 76.7 cm³/mol. The van der Waals surface area contributed by atoms with Crippen molar-refractivity contribution in [1.82, 2.24) is 0 Å². The molecule has 20 heavy (non-hydrogen) atoms. The van der Waals surface area contributed by atoms with Gasteiger partial charge in [0.15, 0.2) is 0 Å². The molecule has 0 aromatic carbocycles. The summed E-state index contributed by atoms with van der Waals surface area (Å²) in [6.45, 7) is 0.459. The Morgan fingerprint density at radius 2 is 1.65 bits per heavy atom. The zero-order chi connectivity index (χ0) is 13.7. The topological polar surface area (TPSA) is 59.0 Å². The fourth-order valence-corrected chi connectivity index (χ4v) is 5.76. The van der Waals surface area contributed by atoms with Crippen molar-refractivity contribution in [2.45, 2.75) is 63.0 Å². The van der Waals surface area contributed by atoms with Crippen LogP contribution in [-0.2, 0) is 4.74 Å². The molecule has 3 nitrogen and oxygen atoms in total. The van der Waals surface area contributed by atoms with Crippen molar-refractivity contribution < 1.29 is 4.74 Å². The molecule has 4 bridgehead atoms. The first-order valence-electron chi connectivity index (χ1n) is 8.49.